The van der Waals surface area contributed by atoms with E-state index in [-0.39, 0.29) is 5.56 Å². The molecule has 0 atom stereocenters. The maximum absolute atomic E-state index is 11.7. The Labute approximate surface area is 132 Å². The second-order valence-corrected chi connectivity index (χ2v) is 5.74. The average Bonchev–Trinajstić information content (AvgIpc) is 2.46. The summed E-state index contributed by atoms with van der Waals surface area (Å²) in [7, 11) is 1.63. The Morgan fingerprint density at radius 1 is 1.29 bits per heavy atom. The molecule has 1 aromatic heterocycles. The van der Waals surface area contributed by atoms with Gasteiger partial charge in [-0.05, 0) is 30.2 Å². The summed E-state index contributed by atoms with van der Waals surface area (Å²) >= 11 is 3.57. The van der Waals surface area contributed by atoms with Gasteiger partial charge in [0.25, 0.3) is 5.56 Å². The van der Waals surface area contributed by atoms with Crippen molar-refractivity contribution in [2.45, 2.75) is 20.0 Å². The molecule has 0 aliphatic carbocycles. The van der Waals surface area contributed by atoms with E-state index in [0.29, 0.717) is 19.7 Å². The Hall–Kier alpha value is -1.59. The first kappa shape index (κ1) is 15.8. The molecule has 0 saturated heterocycles. The molecule has 5 heteroatoms. The van der Waals surface area contributed by atoms with Crippen LogP contribution in [0.2, 0.25) is 0 Å². The van der Waals surface area contributed by atoms with Crippen molar-refractivity contribution in [2.75, 3.05) is 19.0 Å². The highest BCUT2D eigenvalue weighted by Gasteiger charge is 2.02. The van der Waals surface area contributed by atoms with Gasteiger partial charge in [-0.25, -0.2) is 0 Å². The van der Waals surface area contributed by atoms with Crippen LogP contribution in [0.4, 0.5) is 5.69 Å². The first-order valence-corrected chi connectivity index (χ1v) is 7.58. The molecule has 1 N–H and O–H groups in total. The van der Waals surface area contributed by atoms with Gasteiger partial charge in [0.15, 0.2) is 0 Å². The van der Waals surface area contributed by atoms with Crippen LogP contribution in [0.1, 0.15) is 11.1 Å². The third kappa shape index (κ3) is 4.44. The van der Waals surface area contributed by atoms with E-state index in [2.05, 4.69) is 46.4 Å². The lowest BCUT2D eigenvalue weighted by Crippen LogP contribution is -2.21. The van der Waals surface area contributed by atoms with Crippen molar-refractivity contribution in [2.24, 2.45) is 0 Å². The Morgan fingerprint density at radius 3 is 2.81 bits per heavy atom. The normalized spacial score (nSPS) is 10.6. The van der Waals surface area contributed by atoms with Crippen LogP contribution in [0.25, 0.3) is 0 Å². The van der Waals surface area contributed by atoms with Crippen LogP contribution < -0.4 is 10.9 Å². The van der Waals surface area contributed by atoms with Crippen LogP contribution in [-0.2, 0) is 17.8 Å². The molecule has 2 rings (SSSR count). The van der Waals surface area contributed by atoms with E-state index in [0.717, 1.165) is 10.2 Å². The zero-order valence-corrected chi connectivity index (χ0v) is 13.8. The van der Waals surface area contributed by atoms with E-state index < -0.39 is 0 Å². The highest BCUT2D eigenvalue weighted by atomic mass is 79.9. The topological polar surface area (TPSA) is 43.3 Å². The average molecular weight is 351 g/mol. The van der Waals surface area contributed by atoms with Crippen molar-refractivity contribution in [1.29, 1.82) is 0 Å². The van der Waals surface area contributed by atoms with Gasteiger partial charge in [0.05, 0.1) is 12.3 Å². The molecule has 0 spiro atoms. The molecule has 0 aliphatic rings. The van der Waals surface area contributed by atoms with E-state index in [1.807, 2.05) is 6.20 Å². The lowest BCUT2D eigenvalue weighted by Gasteiger charge is -2.11. The monoisotopic (exact) mass is 350 g/mol. The molecule has 4 nitrogen and oxygen atoms in total. The SMILES string of the molecule is COCCn1cc(NCc2ccc(C)cc2Br)ccc1=O. The van der Waals surface area contributed by atoms with E-state index >= 15 is 0 Å². The summed E-state index contributed by atoms with van der Waals surface area (Å²) in [6, 6.07) is 9.64. The second-order valence-electron chi connectivity index (χ2n) is 4.89. The fourth-order valence-electron chi connectivity index (χ4n) is 1.99. The van der Waals surface area contributed by atoms with Crippen molar-refractivity contribution in [3.05, 3.63) is 62.5 Å². The minimum absolute atomic E-state index is 0.0193. The van der Waals surface area contributed by atoms with E-state index in [4.69, 9.17) is 4.74 Å². The summed E-state index contributed by atoms with van der Waals surface area (Å²) in [4.78, 5) is 11.7. The van der Waals surface area contributed by atoms with Gasteiger partial charge in [0.1, 0.15) is 0 Å². The predicted octanol–water partition coefficient (Wildman–Crippen LogP) is 3.18. The number of nitrogens with one attached hydrogen (secondary N) is 1. The Kier molecular flexibility index (Phi) is 5.59. The van der Waals surface area contributed by atoms with Crippen LogP contribution in [0.15, 0.2) is 45.8 Å². The summed E-state index contributed by atoms with van der Waals surface area (Å²) in [5.74, 6) is 0. The molecule has 0 fully saturated rings. The molecule has 112 valence electrons. The number of benzene rings is 1. The highest BCUT2D eigenvalue weighted by Crippen LogP contribution is 2.19. The van der Waals surface area contributed by atoms with E-state index in [9.17, 15) is 4.79 Å². The molecule has 2 aromatic rings. The third-order valence-electron chi connectivity index (χ3n) is 3.21. The second kappa shape index (κ2) is 7.43. The number of aryl methyl sites for hydroxylation is 1. The zero-order valence-electron chi connectivity index (χ0n) is 12.2. The minimum atomic E-state index is -0.0193. The molecule has 0 radical (unpaired) electrons. The van der Waals surface area contributed by atoms with Crippen molar-refractivity contribution in [3.8, 4) is 0 Å². The number of halogens is 1. The summed E-state index contributed by atoms with van der Waals surface area (Å²) in [5, 5.41) is 3.33. The van der Waals surface area contributed by atoms with Gasteiger partial charge in [-0.3, -0.25) is 4.79 Å². The fraction of sp³-hybridized carbons (Fsp3) is 0.312. The molecular weight excluding hydrogens is 332 g/mol. The number of rotatable bonds is 6. The molecule has 21 heavy (non-hydrogen) atoms. The van der Waals surface area contributed by atoms with E-state index in [1.165, 1.54) is 11.1 Å². The van der Waals surface area contributed by atoms with Crippen LogP contribution in [0, 0.1) is 6.92 Å². The molecule has 0 aliphatic heterocycles. The Morgan fingerprint density at radius 2 is 2.10 bits per heavy atom. The maximum Gasteiger partial charge on any atom is 0.250 e. The molecule has 1 aromatic carbocycles. The first-order chi connectivity index (χ1) is 10.1. The number of pyridine rings is 1. The van der Waals surface area contributed by atoms with Crippen molar-refractivity contribution < 1.29 is 4.74 Å². The van der Waals surface area contributed by atoms with E-state index in [1.54, 1.807) is 23.8 Å². The largest absolute Gasteiger partial charge is 0.383 e. The minimum Gasteiger partial charge on any atom is -0.383 e. The number of anilines is 1. The Bertz CT molecular complexity index is 668. The number of ether oxygens (including phenoxy) is 1. The van der Waals surface area contributed by atoms with Gasteiger partial charge in [0, 0.05) is 36.9 Å². The van der Waals surface area contributed by atoms with Crippen molar-refractivity contribution in [3.63, 3.8) is 0 Å². The van der Waals surface area contributed by atoms with Gasteiger partial charge < -0.3 is 14.6 Å². The molecule has 1 heterocycles. The lowest BCUT2D eigenvalue weighted by atomic mass is 10.1. The van der Waals surface area contributed by atoms with Crippen molar-refractivity contribution >= 4 is 21.6 Å². The summed E-state index contributed by atoms with van der Waals surface area (Å²) < 4.78 is 7.75. The summed E-state index contributed by atoms with van der Waals surface area (Å²) in [5.41, 5.74) is 3.29. The third-order valence-corrected chi connectivity index (χ3v) is 3.95. The van der Waals surface area contributed by atoms with Crippen LogP contribution in [-0.4, -0.2) is 18.3 Å². The number of nitrogens with zero attached hydrogens (tertiary/aromatic N) is 1. The van der Waals surface area contributed by atoms with Gasteiger partial charge >= 0.3 is 0 Å². The smallest absolute Gasteiger partial charge is 0.250 e. The number of methoxy groups -OCH3 is 1. The first-order valence-electron chi connectivity index (χ1n) is 6.78. The maximum atomic E-state index is 11.7. The standard InChI is InChI=1S/C16H19BrN2O2/c1-12-3-4-13(15(17)9-12)10-18-14-5-6-16(20)19(11-14)7-8-21-2/h3-6,9,11,18H,7-8,10H2,1-2H3. The number of aromatic nitrogens is 1. The molecule has 0 saturated carbocycles. The number of hydrogen-bond acceptors (Lipinski definition) is 3. The van der Waals surface area contributed by atoms with Gasteiger partial charge in [0.2, 0.25) is 0 Å². The zero-order chi connectivity index (χ0) is 15.2. The summed E-state index contributed by atoms with van der Waals surface area (Å²) in [6.45, 7) is 3.84. The van der Waals surface area contributed by atoms with Gasteiger partial charge in [-0.2, -0.15) is 0 Å². The van der Waals surface area contributed by atoms with Crippen molar-refractivity contribution in [1.82, 2.24) is 4.57 Å². The molecule has 0 amide bonds. The summed E-state index contributed by atoms with van der Waals surface area (Å²) in [6.07, 6.45) is 1.82. The number of hydrogen-bond donors (Lipinski definition) is 1. The Balaban J connectivity index is 2.07. The molecule has 0 bridgehead atoms. The fourth-order valence-corrected chi connectivity index (χ4v) is 2.63. The molecule has 0 unspecified atom stereocenters. The quantitative estimate of drug-likeness (QED) is 0.869. The van der Waals surface area contributed by atoms with Gasteiger partial charge in [-0.15, -0.1) is 0 Å². The van der Waals surface area contributed by atoms with Crippen LogP contribution >= 0.6 is 15.9 Å². The molecular formula is C16H19BrN2O2. The van der Waals surface area contributed by atoms with Gasteiger partial charge in [-0.1, -0.05) is 28.1 Å². The predicted molar refractivity (Wildman–Crippen MR) is 88.8 cm³/mol. The highest BCUT2D eigenvalue weighted by molar-refractivity contribution is 9.10. The van der Waals surface area contributed by atoms with Crippen LogP contribution in [0.3, 0.4) is 0 Å². The lowest BCUT2D eigenvalue weighted by molar-refractivity contribution is 0.186. The van der Waals surface area contributed by atoms with Crippen LogP contribution in [0.5, 0.6) is 0 Å².